The van der Waals surface area contributed by atoms with E-state index in [1.807, 2.05) is 53.8 Å². The fourth-order valence-corrected chi connectivity index (χ4v) is 3.41. The normalized spacial score (nSPS) is 18.4. The highest BCUT2D eigenvalue weighted by molar-refractivity contribution is 5.88. The Kier molecular flexibility index (Phi) is 5.08. The Morgan fingerprint density at radius 3 is 2.76 bits per heavy atom. The highest BCUT2D eigenvalue weighted by Gasteiger charge is 2.29. The van der Waals surface area contributed by atoms with Crippen molar-refractivity contribution >= 4 is 11.8 Å². The first kappa shape index (κ1) is 17.5. The van der Waals surface area contributed by atoms with Crippen LogP contribution in [0.15, 0.2) is 30.3 Å². The molecule has 25 heavy (non-hydrogen) atoms. The van der Waals surface area contributed by atoms with Crippen molar-refractivity contribution in [2.45, 2.75) is 52.2 Å². The second-order valence-corrected chi connectivity index (χ2v) is 6.92. The van der Waals surface area contributed by atoms with Crippen molar-refractivity contribution in [3.63, 3.8) is 0 Å². The highest BCUT2D eigenvalue weighted by Crippen LogP contribution is 2.23. The molecule has 2 atom stereocenters. The predicted octanol–water partition coefficient (Wildman–Crippen LogP) is 3.26. The maximum absolute atomic E-state index is 12.6. The zero-order valence-electron chi connectivity index (χ0n) is 15.1. The molecule has 1 saturated heterocycles. The lowest BCUT2D eigenvalue weighted by atomic mass is 10.1. The summed E-state index contributed by atoms with van der Waals surface area (Å²) in [6, 6.07) is 9.94. The number of nitrogens with zero attached hydrogens (tertiary/aromatic N) is 3. The Hall–Kier alpha value is -2.34. The van der Waals surface area contributed by atoms with E-state index < -0.39 is 6.10 Å². The molecule has 6 heteroatoms. The molecule has 2 heterocycles. The van der Waals surface area contributed by atoms with Crippen LogP contribution in [0.1, 0.15) is 37.4 Å². The van der Waals surface area contributed by atoms with E-state index in [2.05, 4.69) is 10.4 Å². The molecule has 0 bridgehead atoms. The van der Waals surface area contributed by atoms with Crippen molar-refractivity contribution in [2.75, 3.05) is 11.9 Å². The van der Waals surface area contributed by atoms with E-state index in [1.165, 1.54) is 5.56 Å². The molecule has 2 N–H and O–H groups in total. The van der Waals surface area contributed by atoms with E-state index >= 15 is 0 Å². The molecule has 0 saturated carbocycles. The Labute approximate surface area is 148 Å². The number of urea groups is 1. The Morgan fingerprint density at radius 2 is 2.08 bits per heavy atom. The van der Waals surface area contributed by atoms with Gasteiger partial charge in [-0.05, 0) is 52.2 Å². The molecule has 2 unspecified atom stereocenters. The average molecular weight is 342 g/mol. The van der Waals surface area contributed by atoms with Gasteiger partial charge in [-0.25, -0.2) is 9.48 Å². The maximum Gasteiger partial charge on any atom is 0.323 e. The first-order valence-electron chi connectivity index (χ1n) is 8.83. The quantitative estimate of drug-likeness (QED) is 0.896. The van der Waals surface area contributed by atoms with E-state index in [9.17, 15) is 9.90 Å². The third kappa shape index (κ3) is 4.02. The van der Waals surface area contributed by atoms with Crippen molar-refractivity contribution in [1.82, 2.24) is 14.7 Å². The molecule has 1 fully saturated rings. The first-order valence-corrected chi connectivity index (χ1v) is 8.83. The molecule has 134 valence electrons. The summed E-state index contributed by atoms with van der Waals surface area (Å²) in [7, 11) is 0. The maximum atomic E-state index is 12.6. The number of amides is 2. The summed E-state index contributed by atoms with van der Waals surface area (Å²) < 4.78 is 1.83. The minimum atomic E-state index is -0.401. The SMILES string of the molecule is Cc1ccc(-n2nc(NC(=O)N3CCCC3CC(C)O)cc2C)cc1. The number of aromatic nitrogens is 2. The number of anilines is 1. The monoisotopic (exact) mass is 342 g/mol. The van der Waals surface area contributed by atoms with Crippen LogP contribution in [0.4, 0.5) is 10.6 Å². The standard InChI is InChI=1S/C19H26N4O2/c1-13-6-8-16(9-7-13)23-14(2)11-18(21-23)20-19(25)22-10-4-5-17(22)12-15(3)24/h6-9,11,15,17,24H,4-5,10,12H2,1-3H3,(H,20,21,25). The van der Waals surface area contributed by atoms with E-state index in [4.69, 9.17) is 0 Å². The molecule has 2 amide bonds. The zero-order chi connectivity index (χ0) is 18.0. The van der Waals surface area contributed by atoms with Crippen LogP contribution in [-0.2, 0) is 0 Å². The van der Waals surface area contributed by atoms with Crippen LogP contribution >= 0.6 is 0 Å². The van der Waals surface area contributed by atoms with Gasteiger partial charge >= 0.3 is 6.03 Å². The van der Waals surface area contributed by atoms with Crippen molar-refractivity contribution in [1.29, 1.82) is 0 Å². The van der Waals surface area contributed by atoms with Gasteiger partial charge in [0.05, 0.1) is 11.8 Å². The lowest BCUT2D eigenvalue weighted by Gasteiger charge is -2.25. The molecule has 1 aromatic carbocycles. The second kappa shape index (κ2) is 7.27. The molecule has 2 aromatic rings. The molecule has 3 rings (SSSR count). The van der Waals surface area contributed by atoms with Gasteiger partial charge in [0.2, 0.25) is 0 Å². The van der Waals surface area contributed by atoms with Gasteiger partial charge in [0.25, 0.3) is 0 Å². The minimum absolute atomic E-state index is 0.0975. The number of benzene rings is 1. The number of nitrogens with one attached hydrogen (secondary N) is 1. The van der Waals surface area contributed by atoms with Gasteiger partial charge in [-0.3, -0.25) is 5.32 Å². The van der Waals surface area contributed by atoms with Gasteiger partial charge < -0.3 is 10.0 Å². The third-order valence-electron chi connectivity index (χ3n) is 4.65. The van der Waals surface area contributed by atoms with Crippen molar-refractivity contribution in [3.8, 4) is 5.69 Å². The summed E-state index contributed by atoms with van der Waals surface area (Å²) >= 11 is 0. The number of carbonyl (C=O) groups is 1. The van der Waals surface area contributed by atoms with Gasteiger partial charge in [0.1, 0.15) is 0 Å². The van der Waals surface area contributed by atoms with Crippen LogP contribution in [0.5, 0.6) is 0 Å². The summed E-state index contributed by atoms with van der Waals surface area (Å²) in [5.74, 6) is 0.547. The zero-order valence-corrected chi connectivity index (χ0v) is 15.1. The Bertz CT molecular complexity index is 736. The largest absolute Gasteiger partial charge is 0.393 e. The summed E-state index contributed by atoms with van der Waals surface area (Å²) in [6.07, 6.45) is 2.13. The molecule has 0 aliphatic carbocycles. The number of hydrogen-bond acceptors (Lipinski definition) is 3. The topological polar surface area (TPSA) is 70.4 Å². The van der Waals surface area contributed by atoms with Gasteiger partial charge in [0.15, 0.2) is 5.82 Å². The molecule has 1 aliphatic rings. The first-order chi connectivity index (χ1) is 11.9. The minimum Gasteiger partial charge on any atom is -0.393 e. The van der Waals surface area contributed by atoms with Gasteiger partial charge in [-0.2, -0.15) is 0 Å². The Morgan fingerprint density at radius 1 is 1.36 bits per heavy atom. The van der Waals surface area contributed by atoms with Crippen LogP contribution < -0.4 is 5.32 Å². The number of carbonyl (C=O) groups excluding carboxylic acids is 1. The number of aliphatic hydroxyl groups excluding tert-OH is 1. The van der Waals surface area contributed by atoms with E-state index in [0.717, 1.165) is 30.8 Å². The van der Waals surface area contributed by atoms with Crippen molar-refractivity contribution in [3.05, 3.63) is 41.6 Å². The fourth-order valence-electron chi connectivity index (χ4n) is 3.41. The fraction of sp³-hybridized carbons (Fsp3) is 0.474. The van der Waals surface area contributed by atoms with Crippen LogP contribution in [0.3, 0.4) is 0 Å². The average Bonchev–Trinajstić information content (AvgIpc) is 3.14. The summed E-state index contributed by atoms with van der Waals surface area (Å²) in [5.41, 5.74) is 3.12. The number of aryl methyl sites for hydroxylation is 2. The van der Waals surface area contributed by atoms with Crippen LogP contribution in [0.25, 0.3) is 5.69 Å². The smallest absolute Gasteiger partial charge is 0.323 e. The highest BCUT2D eigenvalue weighted by atomic mass is 16.3. The van der Waals surface area contributed by atoms with Gasteiger partial charge in [0, 0.05) is 24.3 Å². The van der Waals surface area contributed by atoms with Crippen molar-refractivity contribution < 1.29 is 9.90 Å². The van der Waals surface area contributed by atoms with Crippen molar-refractivity contribution in [2.24, 2.45) is 0 Å². The molecule has 1 aliphatic heterocycles. The molecule has 0 radical (unpaired) electrons. The molecule has 6 nitrogen and oxygen atoms in total. The number of rotatable bonds is 4. The van der Waals surface area contributed by atoms with E-state index in [1.54, 1.807) is 6.92 Å². The molecule has 1 aromatic heterocycles. The molecular formula is C19H26N4O2. The molecular weight excluding hydrogens is 316 g/mol. The van der Waals surface area contributed by atoms with Crippen LogP contribution in [0, 0.1) is 13.8 Å². The Balaban J connectivity index is 1.72. The summed E-state index contributed by atoms with van der Waals surface area (Å²) in [5, 5.41) is 17.0. The molecule has 0 spiro atoms. The lowest BCUT2D eigenvalue weighted by molar-refractivity contribution is 0.142. The van der Waals surface area contributed by atoms with Gasteiger partial charge in [-0.15, -0.1) is 5.10 Å². The summed E-state index contributed by atoms with van der Waals surface area (Å²) in [6.45, 7) is 6.50. The number of likely N-dealkylation sites (tertiary alicyclic amines) is 1. The van der Waals surface area contributed by atoms with E-state index in [-0.39, 0.29) is 12.1 Å². The number of aliphatic hydroxyl groups is 1. The third-order valence-corrected chi connectivity index (χ3v) is 4.65. The van der Waals surface area contributed by atoms with E-state index in [0.29, 0.717) is 12.2 Å². The summed E-state index contributed by atoms with van der Waals surface area (Å²) in [4.78, 5) is 14.4. The number of hydrogen-bond donors (Lipinski definition) is 2. The second-order valence-electron chi connectivity index (χ2n) is 6.92. The van der Waals surface area contributed by atoms with Crippen LogP contribution in [-0.4, -0.2) is 44.5 Å². The predicted molar refractivity (Wildman–Crippen MR) is 98.1 cm³/mol. The lowest BCUT2D eigenvalue weighted by Crippen LogP contribution is -2.40. The van der Waals surface area contributed by atoms with Gasteiger partial charge in [-0.1, -0.05) is 17.7 Å². The van der Waals surface area contributed by atoms with Crippen LogP contribution in [0.2, 0.25) is 0 Å².